The summed E-state index contributed by atoms with van der Waals surface area (Å²) in [5, 5.41) is 11.5. The number of hydrogen-bond donors (Lipinski definition) is 2. The fraction of sp³-hybridized carbons (Fsp3) is 0.417. The summed E-state index contributed by atoms with van der Waals surface area (Å²) < 4.78 is 11.0. The molecule has 0 aliphatic rings. The Morgan fingerprint density at radius 3 is 2.47 bits per heavy atom. The molecule has 0 saturated heterocycles. The molecule has 0 aromatic heterocycles. The molecular formula is C12H18N2O3. The van der Waals surface area contributed by atoms with Gasteiger partial charge in [-0.2, -0.15) is 0 Å². The predicted octanol–water partition coefficient (Wildman–Crippen LogP) is 1.85. The van der Waals surface area contributed by atoms with Crippen LogP contribution in [0.2, 0.25) is 0 Å². The minimum Gasteiger partial charge on any atom is -0.490 e. The van der Waals surface area contributed by atoms with E-state index in [1.54, 1.807) is 0 Å². The molecule has 0 amide bonds. The van der Waals surface area contributed by atoms with Gasteiger partial charge in [0.15, 0.2) is 11.5 Å². The van der Waals surface area contributed by atoms with Crippen molar-refractivity contribution < 1.29 is 14.7 Å². The van der Waals surface area contributed by atoms with Crippen molar-refractivity contribution >= 4 is 5.84 Å². The molecule has 1 aromatic carbocycles. The first-order chi connectivity index (χ1) is 8.19. The van der Waals surface area contributed by atoms with Crippen molar-refractivity contribution in [1.82, 2.24) is 0 Å². The monoisotopic (exact) mass is 238 g/mol. The van der Waals surface area contributed by atoms with E-state index in [1.807, 2.05) is 38.1 Å². The molecule has 5 nitrogen and oxygen atoms in total. The largest absolute Gasteiger partial charge is 0.490 e. The van der Waals surface area contributed by atoms with Crippen molar-refractivity contribution in [2.75, 3.05) is 13.2 Å². The normalized spacial score (nSPS) is 13.2. The SMILES string of the molecule is CCOc1ccccc1OCC(C)/C(N)=N/O. The van der Waals surface area contributed by atoms with Crippen molar-refractivity contribution in [3.63, 3.8) is 0 Å². The first-order valence-electron chi connectivity index (χ1n) is 5.51. The maximum atomic E-state index is 8.52. The molecule has 0 bridgehead atoms. The van der Waals surface area contributed by atoms with E-state index >= 15 is 0 Å². The smallest absolute Gasteiger partial charge is 0.161 e. The number of hydrogen-bond acceptors (Lipinski definition) is 4. The summed E-state index contributed by atoms with van der Waals surface area (Å²) in [6.07, 6.45) is 0. The fourth-order valence-electron chi connectivity index (χ4n) is 1.24. The Labute approximate surface area is 101 Å². The van der Waals surface area contributed by atoms with E-state index in [9.17, 15) is 0 Å². The highest BCUT2D eigenvalue weighted by Crippen LogP contribution is 2.26. The van der Waals surface area contributed by atoms with Crippen LogP contribution in [0, 0.1) is 5.92 Å². The second kappa shape index (κ2) is 6.62. The quantitative estimate of drug-likeness (QED) is 0.343. The molecule has 1 unspecified atom stereocenters. The van der Waals surface area contributed by atoms with Gasteiger partial charge in [0.2, 0.25) is 0 Å². The second-order valence-electron chi connectivity index (χ2n) is 3.62. The zero-order valence-corrected chi connectivity index (χ0v) is 10.1. The average Bonchev–Trinajstić information content (AvgIpc) is 2.36. The van der Waals surface area contributed by atoms with E-state index in [0.717, 1.165) is 0 Å². The number of nitrogens with two attached hydrogens (primary N) is 1. The molecule has 0 saturated carbocycles. The highest BCUT2D eigenvalue weighted by molar-refractivity contribution is 5.81. The Hall–Kier alpha value is -1.91. The van der Waals surface area contributed by atoms with Crippen molar-refractivity contribution in [3.8, 4) is 11.5 Å². The van der Waals surface area contributed by atoms with Crippen molar-refractivity contribution in [2.24, 2.45) is 16.8 Å². The molecule has 5 heteroatoms. The van der Waals surface area contributed by atoms with Gasteiger partial charge in [-0.25, -0.2) is 0 Å². The van der Waals surface area contributed by atoms with Crippen LogP contribution in [0.25, 0.3) is 0 Å². The minimum absolute atomic E-state index is 0.152. The lowest BCUT2D eigenvalue weighted by molar-refractivity contribution is 0.257. The van der Waals surface area contributed by atoms with E-state index in [0.29, 0.717) is 24.7 Å². The molecule has 0 heterocycles. The molecule has 1 atom stereocenters. The highest BCUT2D eigenvalue weighted by Gasteiger charge is 2.10. The van der Waals surface area contributed by atoms with Crippen LogP contribution in [0.1, 0.15) is 13.8 Å². The van der Waals surface area contributed by atoms with Gasteiger partial charge in [-0.15, -0.1) is 0 Å². The fourth-order valence-corrected chi connectivity index (χ4v) is 1.24. The molecule has 1 rings (SSSR count). The van der Waals surface area contributed by atoms with E-state index in [1.165, 1.54) is 0 Å². The molecule has 3 N–H and O–H groups in total. The van der Waals surface area contributed by atoms with Gasteiger partial charge in [0.25, 0.3) is 0 Å². The summed E-state index contributed by atoms with van der Waals surface area (Å²) >= 11 is 0. The van der Waals surface area contributed by atoms with Gasteiger partial charge < -0.3 is 20.4 Å². The summed E-state index contributed by atoms with van der Waals surface area (Å²) in [6.45, 7) is 4.64. The van der Waals surface area contributed by atoms with Crippen molar-refractivity contribution in [2.45, 2.75) is 13.8 Å². The molecule has 17 heavy (non-hydrogen) atoms. The molecule has 0 aliphatic carbocycles. The molecule has 0 fully saturated rings. The number of oxime groups is 1. The number of benzene rings is 1. The van der Waals surface area contributed by atoms with Crippen LogP contribution in [-0.2, 0) is 0 Å². The highest BCUT2D eigenvalue weighted by atomic mass is 16.5. The third-order valence-corrected chi connectivity index (χ3v) is 2.26. The molecule has 0 spiro atoms. The Morgan fingerprint density at radius 1 is 1.35 bits per heavy atom. The van der Waals surface area contributed by atoms with E-state index in [4.69, 9.17) is 20.4 Å². The lowest BCUT2D eigenvalue weighted by Gasteiger charge is -2.14. The van der Waals surface area contributed by atoms with Gasteiger partial charge >= 0.3 is 0 Å². The lowest BCUT2D eigenvalue weighted by atomic mass is 10.2. The Balaban J connectivity index is 2.62. The summed E-state index contributed by atoms with van der Waals surface area (Å²) in [5.41, 5.74) is 5.47. The first-order valence-corrected chi connectivity index (χ1v) is 5.51. The molecule has 94 valence electrons. The van der Waals surface area contributed by atoms with Crippen LogP contribution in [-0.4, -0.2) is 24.3 Å². The average molecular weight is 238 g/mol. The third kappa shape index (κ3) is 3.86. The zero-order chi connectivity index (χ0) is 12.7. The van der Waals surface area contributed by atoms with Crippen LogP contribution < -0.4 is 15.2 Å². The number of rotatable bonds is 6. The standard InChI is InChI=1S/C12H18N2O3/c1-3-16-10-6-4-5-7-11(10)17-8-9(2)12(13)14-15/h4-7,9,15H,3,8H2,1-2H3,(H2,13,14). The predicted molar refractivity (Wildman–Crippen MR) is 65.7 cm³/mol. The van der Waals surface area contributed by atoms with E-state index in [-0.39, 0.29) is 11.8 Å². The third-order valence-electron chi connectivity index (χ3n) is 2.26. The van der Waals surface area contributed by atoms with E-state index < -0.39 is 0 Å². The zero-order valence-electron chi connectivity index (χ0n) is 10.1. The molecule has 0 aliphatic heterocycles. The van der Waals surface area contributed by atoms with Crippen LogP contribution in [0.4, 0.5) is 0 Å². The summed E-state index contributed by atoms with van der Waals surface area (Å²) in [5.74, 6) is 1.35. The lowest BCUT2D eigenvalue weighted by Crippen LogP contribution is -2.26. The van der Waals surface area contributed by atoms with Gasteiger partial charge in [-0.1, -0.05) is 24.2 Å². The van der Waals surface area contributed by atoms with Crippen LogP contribution in [0.15, 0.2) is 29.4 Å². The van der Waals surface area contributed by atoms with E-state index in [2.05, 4.69) is 5.16 Å². The maximum absolute atomic E-state index is 8.52. The van der Waals surface area contributed by atoms with Crippen LogP contribution >= 0.6 is 0 Å². The van der Waals surface area contributed by atoms with Crippen molar-refractivity contribution in [3.05, 3.63) is 24.3 Å². The summed E-state index contributed by atoms with van der Waals surface area (Å²) in [7, 11) is 0. The topological polar surface area (TPSA) is 77.1 Å². The Morgan fingerprint density at radius 2 is 1.94 bits per heavy atom. The van der Waals surface area contributed by atoms with Gasteiger partial charge in [0.1, 0.15) is 5.84 Å². The Kier molecular flexibility index (Phi) is 5.13. The van der Waals surface area contributed by atoms with Crippen LogP contribution in [0.3, 0.4) is 0 Å². The molecule has 0 radical (unpaired) electrons. The second-order valence-corrected chi connectivity index (χ2v) is 3.62. The summed E-state index contributed by atoms with van der Waals surface area (Å²) in [6, 6.07) is 7.41. The molecular weight excluding hydrogens is 220 g/mol. The Bertz CT molecular complexity index is 380. The number of nitrogens with zero attached hydrogens (tertiary/aromatic N) is 1. The summed E-state index contributed by atoms with van der Waals surface area (Å²) in [4.78, 5) is 0. The van der Waals surface area contributed by atoms with Gasteiger partial charge in [0.05, 0.1) is 19.1 Å². The van der Waals surface area contributed by atoms with Gasteiger partial charge in [-0.05, 0) is 19.1 Å². The van der Waals surface area contributed by atoms with Crippen molar-refractivity contribution in [1.29, 1.82) is 0 Å². The molecule has 1 aromatic rings. The van der Waals surface area contributed by atoms with Gasteiger partial charge in [-0.3, -0.25) is 0 Å². The number of ether oxygens (including phenoxy) is 2. The number of para-hydroxylation sites is 2. The maximum Gasteiger partial charge on any atom is 0.161 e. The minimum atomic E-state index is -0.158. The first kappa shape index (κ1) is 13.2. The van der Waals surface area contributed by atoms with Crippen LogP contribution in [0.5, 0.6) is 11.5 Å². The van der Waals surface area contributed by atoms with Gasteiger partial charge in [0, 0.05) is 0 Å². The number of amidine groups is 1.